The zero-order valence-electron chi connectivity index (χ0n) is 20.7. The molecule has 0 aliphatic heterocycles. The molecule has 35 heavy (non-hydrogen) atoms. The third kappa shape index (κ3) is 5.76. The topological polar surface area (TPSA) is 42.2 Å². The fraction of sp³-hybridized carbons (Fsp3) is 0.300. The van der Waals surface area contributed by atoms with Crippen LogP contribution in [0.25, 0.3) is 10.9 Å². The number of hydrogen-bond donors (Lipinski definition) is 1. The van der Waals surface area contributed by atoms with Crippen LogP contribution in [0.5, 0.6) is 0 Å². The number of benzene rings is 3. The summed E-state index contributed by atoms with van der Waals surface area (Å²) < 4.78 is 2.37. The summed E-state index contributed by atoms with van der Waals surface area (Å²) in [5.41, 5.74) is 4.01. The number of nitrogens with zero attached hydrogens (tertiary/aromatic N) is 1. The standard InChI is InChI=1S/C30H32ClNO2S/c1-20(2)22-12-15-26-25(18-22)28(35-24-8-6-5-7-9-24)27(16-17-30(3,4)29(33)34)32(26)19-21-10-13-23(31)14-11-21/h5-15,18,20H,16-17,19H2,1-4H3,(H,33,34). The number of carbonyl (C=O) groups is 1. The van der Waals surface area contributed by atoms with Gasteiger partial charge in [-0.15, -0.1) is 0 Å². The lowest BCUT2D eigenvalue weighted by Crippen LogP contribution is -2.24. The lowest BCUT2D eigenvalue weighted by atomic mass is 9.87. The van der Waals surface area contributed by atoms with Crippen molar-refractivity contribution in [2.24, 2.45) is 5.41 Å². The van der Waals surface area contributed by atoms with Crippen LogP contribution >= 0.6 is 23.4 Å². The van der Waals surface area contributed by atoms with Crippen LogP contribution in [0.4, 0.5) is 0 Å². The average molecular weight is 506 g/mol. The second-order valence-electron chi connectivity index (χ2n) is 10.0. The Kier molecular flexibility index (Phi) is 7.63. The number of halogens is 1. The molecule has 1 aromatic heterocycles. The Balaban J connectivity index is 1.90. The van der Waals surface area contributed by atoms with Gasteiger partial charge in [-0.2, -0.15) is 0 Å². The van der Waals surface area contributed by atoms with E-state index in [1.165, 1.54) is 32.0 Å². The Morgan fingerprint density at radius 1 is 1.03 bits per heavy atom. The molecule has 0 saturated carbocycles. The largest absolute Gasteiger partial charge is 0.481 e. The van der Waals surface area contributed by atoms with Gasteiger partial charge in [0.2, 0.25) is 0 Å². The number of carboxylic acid groups (broad SMARTS) is 1. The summed E-state index contributed by atoms with van der Waals surface area (Å²) in [7, 11) is 0. The molecule has 0 spiro atoms. The molecular formula is C30H32ClNO2S. The van der Waals surface area contributed by atoms with Crippen LogP contribution in [0.3, 0.4) is 0 Å². The van der Waals surface area contributed by atoms with Gasteiger partial charge in [-0.25, -0.2) is 0 Å². The van der Waals surface area contributed by atoms with Gasteiger partial charge in [0.05, 0.1) is 5.41 Å². The zero-order chi connectivity index (χ0) is 25.2. The third-order valence-electron chi connectivity index (χ3n) is 6.59. The Morgan fingerprint density at radius 2 is 1.71 bits per heavy atom. The van der Waals surface area contributed by atoms with Crippen LogP contribution in [0.1, 0.15) is 56.9 Å². The van der Waals surface area contributed by atoms with Crippen molar-refractivity contribution in [2.45, 2.75) is 62.8 Å². The van der Waals surface area contributed by atoms with Gasteiger partial charge in [0.25, 0.3) is 0 Å². The van der Waals surface area contributed by atoms with Crippen molar-refractivity contribution in [1.29, 1.82) is 0 Å². The fourth-order valence-corrected chi connectivity index (χ4v) is 5.47. The van der Waals surface area contributed by atoms with Crippen molar-refractivity contribution in [3.8, 4) is 0 Å². The maximum Gasteiger partial charge on any atom is 0.309 e. The summed E-state index contributed by atoms with van der Waals surface area (Å²) in [6, 6.07) is 25.1. The van der Waals surface area contributed by atoms with Crippen LogP contribution in [0.15, 0.2) is 82.6 Å². The van der Waals surface area contributed by atoms with Crippen molar-refractivity contribution in [2.75, 3.05) is 0 Å². The number of aliphatic carboxylic acids is 1. The maximum absolute atomic E-state index is 11.9. The van der Waals surface area contributed by atoms with E-state index in [9.17, 15) is 9.90 Å². The number of rotatable bonds is 9. The SMILES string of the molecule is CC(C)c1ccc2c(c1)c(Sc1ccccc1)c(CCC(C)(C)C(=O)O)n2Cc1ccc(Cl)cc1. The van der Waals surface area contributed by atoms with Crippen molar-refractivity contribution in [3.63, 3.8) is 0 Å². The quantitative estimate of drug-likeness (QED) is 0.247. The van der Waals surface area contributed by atoms with Gasteiger partial charge in [-0.3, -0.25) is 4.79 Å². The molecule has 0 amide bonds. The summed E-state index contributed by atoms with van der Waals surface area (Å²) in [5.74, 6) is -0.347. The predicted octanol–water partition coefficient (Wildman–Crippen LogP) is 8.66. The molecule has 0 aliphatic carbocycles. The third-order valence-corrected chi connectivity index (χ3v) is 8.01. The molecule has 3 aromatic carbocycles. The highest BCUT2D eigenvalue weighted by Crippen LogP contribution is 2.41. The second kappa shape index (κ2) is 10.5. The Bertz CT molecular complexity index is 1320. The van der Waals surface area contributed by atoms with Crippen molar-refractivity contribution in [1.82, 2.24) is 4.57 Å². The first kappa shape index (κ1) is 25.4. The summed E-state index contributed by atoms with van der Waals surface area (Å²) in [4.78, 5) is 14.3. The number of carboxylic acids is 1. The Hall–Kier alpha value is -2.69. The van der Waals surface area contributed by atoms with Gasteiger partial charge in [0.15, 0.2) is 0 Å². The minimum Gasteiger partial charge on any atom is -0.481 e. The van der Waals surface area contributed by atoms with E-state index in [-0.39, 0.29) is 0 Å². The molecule has 3 nitrogen and oxygen atoms in total. The molecule has 0 unspecified atom stereocenters. The van der Waals surface area contributed by atoms with E-state index >= 15 is 0 Å². The molecule has 0 bridgehead atoms. The maximum atomic E-state index is 11.9. The van der Waals surface area contributed by atoms with Crippen LogP contribution in [-0.2, 0) is 17.8 Å². The first-order chi connectivity index (χ1) is 16.7. The molecule has 0 saturated heterocycles. The molecule has 1 N–H and O–H groups in total. The van der Waals surface area contributed by atoms with Gasteiger partial charge in [-0.05, 0) is 80.1 Å². The molecule has 4 rings (SSSR count). The lowest BCUT2D eigenvalue weighted by Gasteiger charge is -2.20. The first-order valence-electron chi connectivity index (χ1n) is 12.0. The van der Waals surface area contributed by atoms with E-state index in [2.05, 4.69) is 73.0 Å². The number of aromatic nitrogens is 1. The van der Waals surface area contributed by atoms with Crippen molar-refractivity contribution < 1.29 is 9.90 Å². The van der Waals surface area contributed by atoms with Gasteiger partial charge < -0.3 is 9.67 Å². The van der Waals surface area contributed by atoms with E-state index in [0.29, 0.717) is 25.3 Å². The van der Waals surface area contributed by atoms with E-state index in [1.807, 2.05) is 32.0 Å². The molecular weight excluding hydrogens is 474 g/mol. The highest BCUT2D eigenvalue weighted by atomic mass is 35.5. The molecule has 4 aromatic rings. The van der Waals surface area contributed by atoms with Gasteiger partial charge in [0.1, 0.15) is 0 Å². The number of hydrogen-bond acceptors (Lipinski definition) is 2. The summed E-state index contributed by atoms with van der Waals surface area (Å²) in [5, 5.41) is 11.7. The van der Waals surface area contributed by atoms with Crippen LogP contribution in [0.2, 0.25) is 5.02 Å². The lowest BCUT2D eigenvalue weighted by molar-refractivity contribution is -0.147. The minimum atomic E-state index is -0.806. The normalized spacial score (nSPS) is 11.9. The smallest absolute Gasteiger partial charge is 0.309 e. The molecule has 0 fully saturated rings. The fourth-order valence-electron chi connectivity index (χ4n) is 4.21. The summed E-state index contributed by atoms with van der Waals surface area (Å²) >= 11 is 7.91. The molecule has 182 valence electrons. The molecule has 0 radical (unpaired) electrons. The van der Waals surface area contributed by atoms with E-state index < -0.39 is 11.4 Å². The summed E-state index contributed by atoms with van der Waals surface area (Å²) in [6.07, 6.45) is 1.23. The first-order valence-corrected chi connectivity index (χ1v) is 13.2. The van der Waals surface area contributed by atoms with E-state index in [0.717, 1.165) is 10.6 Å². The van der Waals surface area contributed by atoms with Crippen LogP contribution < -0.4 is 0 Å². The van der Waals surface area contributed by atoms with Gasteiger partial charge in [-0.1, -0.05) is 73.6 Å². The zero-order valence-corrected chi connectivity index (χ0v) is 22.3. The summed E-state index contributed by atoms with van der Waals surface area (Å²) in [6.45, 7) is 8.75. The van der Waals surface area contributed by atoms with E-state index in [1.54, 1.807) is 11.8 Å². The Morgan fingerprint density at radius 3 is 2.34 bits per heavy atom. The highest BCUT2D eigenvalue weighted by molar-refractivity contribution is 7.99. The van der Waals surface area contributed by atoms with Crippen LogP contribution in [0, 0.1) is 5.41 Å². The second-order valence-corrected chi connectivity index (χ2v) is 11.5. The highest BCUT2D eigenvalue weighted by Gasteiger charge is 2.29. The predicted molar refractivity (Wildman–Crippen MR) is 147 cm³/mol. The van der Waals surface area contributed by atoms with E-state index in [4.69, 9.17) is 11.6 Å². The van der Waals surface area contributed by atoms with Gasteiger partial charge >= 0.3 is 5.97 Å². The van der Waals surface area contributed by atoms with Gasteiger partial charge in [0, 0.05) is 38.0 Å². The molecule has 5 heteroatoms. The van der Waals surface area contributed by atoms with Crippen molar-refractivity contribution in [3.05, 3.63) is 94.6 Å². The Labute approximate surface area is 217 Å². The monoisotopic (exact) mass is 505 g/mol. The minimum absolute atomic E-state index is 0.419. The molecule has 0 atom stereocenters. The van der Waals surface area contributed by atoms with Crippen LogP contribution in [-0.4, -0.2) is 15.6 Å². The van der Waals surface area contributed by atoms with Crippen molar-refractivity contribution >= 4 is 40.2 Å². The molecule has 1 heterocycles. The average Bonchev–Trinajstić information content (AvgIpc) is 3.11. The molecule has 0 aliphatic rings. The number of fused-ring (bicyclic) bond motifs is 1.